The maximum atomic E-state index is 12.1. The first-order valence-corrected chi connectivity index (χ1v) is 6.76. The topological polar surface area (TPSA) is 95.5 Å². The van der Waals surface area contributed by atoms with E-state index < -0.39 is 17.9 Å². The molecule has 0 heterocycles. The third kappa shape index (κ3) is 4.91. The van der Waals surface area contributed by atoms with E-state index in [0.717, 1.165) is 0 Å². The highest BCUT2D eigenvalue weighted by atomic mass is 16.4. The maximum Gasteiger partial charge on any atom is 0.326 e. The molecule has 0 aliphatic rings. The third-order valence-electron chi connectivity index (χ3n) is 3.23. The Morgan fingerprint density at radius 3 is 2.19 bits per heavy atom. The number of nitrogens with one attached hydrogen (secondary N) is 2. The first kappa shape index (κ1) is 16.7. The van der Waals surface area contributed by atoms with E-state index in [0.29, 0.717) is 17.7 Å². The van der Waals surface area contributed by atoms with E-state index >= 15 is 0 Å². The lowest BCUT2D eigenvalue weighted by Gasteiger charge is -2.20. The number of carbonyl (C=O) groups excluding carboxylic acids is 2. The van der Waals surface area contributed by atoms with Crippen LogP contribution in [0.4, 0.5) is 5.69 Å². The van der Waals surface area contributed by atoms with Crippen molar-refractivity contribution in [1.29, 1.82) is 0 Å². The number of carboxylic acid groups (broad SMARTS) is 1. The largest absolute Gasteiger partial charge is 0.480 e. The van der Waals surface area contributed by atoms with Crippen molar-refractivity contribution in [1.82, 2.24) is 5.32 Å². The van der Waals surface area contributed by atoms with E-state index in [2.05, 4.69) is 10.6 Å². The van der Waals surface area contributed by atoms with E-state index in [1.165, 1.54) is 19.1 Å². The van der Waals surface area contributed by atoms with Crippen LogP contribution in [0.3, 0.4) is 0 Å². The smallest absolute Gasteiger partial charge is 0.326 e. The average Bonchev–Trinajstić information content (AvgIpc) is 2.43. The van der Waals surface area contributed by atoms with Crippen LogP contribution in [0.1, 0.15) is 37.6 Å². The van der Waals surface area contributed by atoms with Gasteiger partial charge in [-0.05, 0) is 30.2 Å². The molecule has 1 rings (SSSR count). The van der Waals surface area contributed by atoms with Crippen LogP contribution in [-0.2, 0) is 9.59 Å². The van der Waals surface area contributed by atoms with Crippen molar-refractivity contribution in [2.24, 2.45) is 5.92 Å². The summed E-state index contributed by atoms with van der Waals surface area (Å²) in [5, 5.41) is 14.3. The summed E-state index contributed by atoms with van der Waals surface area (Å²) in [5.41, 5.74) is 0.925. The van der Waals surface area contributed by atoms with Gasteiger partial charge in [0.1, 0.15) is 6.04 Å². The van der Waals surface area contributed by atoms with E-state index in [-0.39, 0.29) is 11.8 Å². The van der Waals surface area contributed by atoms with Crippen LogP contribution in [0.25, 0.3) is 0 Å². The van der Waals surface area contributed by atoms with Gasteiger partial charge in [-0.15, -0.1) is 0 Å². The molecule has 0 spiro atoms. The average molecular weight is 292 g/mol. The lowest BCUT2D eigenvalue weighted by molar-refractivity contribution is -0.140. The van der Waals surface area contributed by atoms with E-state index in [1.807, 2.05) is 6.92 Å². The molecular formula is C15H20N2O4. The van der Waals surface area contributed by atoms with Crippen molar-refractivity contribution in [2.75, 3.05) is 5.32 Å². The summed E-state index contributed by atoms with van der Waals surface area (Å²) in [6, 6.07) is 5.34. The van der Waals surface area contributed by atoms with Crippen LogP contribution in [-0.4, -0.2) is 28.9 Å². The molecule has 3 N–H and O–H groups in total. The van der Waals surface area contributed by atoms with Crippen LogP contribution in [0.15, 0.2) is 24.3 Å². The monoisotopic (exact) mass is 292 g/mol. The Kier molecular flexibility index (Phi) is 5.90. The fraction of sp³-hybridized carbons (Fsp3) is 0.400. The summed E-state index contributed by atoms with van der Waals surface area (Å²) < 4.78 is 0. The Morgan fingerprint density at radius 2 is 1.76 bits per heavy atom. The fourth-order valence-electron chi connectivity index (χ4n) is 1.82. The summed E-state index contributed by atoms with van der Waals surface area (Å²) >= 11 is 0. The highest BCUT2D eigenvalue weighted by Gasteiger charge is 2.25. The molecule has 1 aromatic carbocycles. The minimum absolute atomic E-state index is 0.162. The van der Waals surface area contributed by atoms with Crippen LogP contribution in [0.5, 0.6) is 0 Å². The van der Waals surface area contributed by atoms with E-state index in [1.54, 1.807) is 19.1 Å². The molecule has 0 saturated heterocycles. The van der Waals surface area contributed by atoms with Crippen molar-refractivity contribution >= 4 is 23.5 Å². The molecule has 6 nitrogen and oxygen atoms in total. The second kappa shape index (κ2) is 7.42. The van der Waals surface area contributed by atoms with Gasteiger partial charge in [0.2, 0.25) is 5.91 Å². The second-order valence-electron chi connectivity index (χ2n) is 4.93. The number of benzene rings is 1. The lowest BCUT2D eigenvalue weighted by Crippen LogP contribution is -2.45. The molecule has 0 fully saturated rings. The van der Waals surface area contributed by atoms with E-state index in [9.17, 15) is 14.4 Å². The Morgan fingerprint density at radius 1 is 1.19 bits per heavy atom. The molecule has 0 unspecified atom stereocenters. The Bertz CT molecular complexity index is 525. The van der Waals surface area contributed by atoms with Crippen molar-refractivity contribution < 1.29 is 19.5 Å². The molecule has 0 aliphatic heterocycles. The Balaban J connectivity index is 2.78. The quantitative estimate of drug-likeness (QED) is 0.746. The predicted octanol–water partition coefficient (Wildman–Crippen LogP) is 1.87. The van der Waals surface area contributed by atoms with Gasteiger partial charge >= 0.3 is 5.97 Å². The van der Waals surface area contributed by atoms with Crippen LogP contribution >= 0.6 is 0 Å². The van der Waals surface area contributed by atoms with Gasteiger partial charge in [-0.25, -0.2) is 4.79 Å². The highest BCUT2D eigenvalue weighted by Crippen LogP contribution is 2.12. The summed E-state index contributed by atoms with van der Waals surface area (Å²) in [7, 11) is 0. The molecule has 0 aromatic heterocycles. The fourth-order valence-corrected chi connectivity index (χ4v) is 1.82. The molecule has 114 valence electrons. The number of aliphatic carboxylic acids is 1. The molecule has 6 heteroatoms. The molecule has 0 aliphatic carbocycles. The summed E-state index contributed by atoms with van der Waals surface area (Å²) in [6.07, 6.45) is 0.652. The van der Waals surface area contributed by atoms with Gasteiger partial charge in [-0.2, -0.15) is 0 Å². The molecule has 0 radical (unpaired) electrons. The van der Waals surface area contributed by atoms with Gasteiger partial charge in [0.25, 0.3) is 5.91 Å². The number of hydrogen-bond donors (Lipinski definition) is 3. The minimum atomic E-state index is -1.05. The van der Waals surface area contributed by atoms with Gasteiger partial charge in [-0.1, -0.05) is 20.3 Å². The van der Waals surface area contributed by atoms with Gasteiger partial charge < -0.3 is 15.7 Å². The number of amides is 2. The van der Waals surface area contributed by atoms with Gasteiger partial charge in [0, 0.05) is 18.2 Å². The maximum absolute atomic E-state index is 12.1. The van der Waals surface area contributed by atoms with E-state index in [4.69, 9.17) is 5.11 Å². The van der Waals surface area contributed by atoms with Crippen molar-refractivity contribution in [2.45, 2.75) is 33.2 Å². The molecule has 21 heavy (non-hydrogen) atoms. The van der Waals surface area contributed by atoms with Gasteiger partial charge in [0.05, 0.1) is 0 Å². The molecule has 2 amide bonds. The molecule has 1 aromatic rings. The number of carbonyl (C=O) groups is 3. The van der Waals surface area contributed by atoms with Crippen LogP contribution in [0, 0.1) is 5.92 Å². The standard InChI is InChI=1S/C15H20N2O4/c1-4-9(2)13(15(20)21)17-14(19)11-5-7-12(8-6-11)16-10(3)18/h5-9,13H,4H2,1-3H3,(H,16,18)(H,17,19)(H,20,21)/t9-,13-/m1/s1. The number of anilines is 1. The van der Waals surface area contributed by atoms with Crippen molar-refractivity contribution in [3.63, 3.8) is 0 Å². The summed E-state index contributed by atoms with van der Waals surface area (Å²) in [4.78, 5) is 34.1. The minimum Gasteiger partial charge on any atom is -0.480 e. The van der Waals surface area contributed by atoms with Gasteiger partial charge in [0.15, 0.2) is 0 Å². The van der Waals surface area contributed by atoms with Gasteiger partial charge in [-0.3, -0.25) is 9.59 Å². The van der Waals surface area contributed by atoms with Crippen LogP contribution < -0.4 is 10.6 Å². The second-order valence-corrected chi connectivity index (χ2v) is 4.93. The SMILES string of the molecule is CC[C@@H](C)[C@@H](NC(=O)c1ccc(NC(C)=O)cc1)C(=O)O. The zero-order chi connectivity index (χ0) is 16.0. The summed E-state index contributed by atoms with van der Waals surface area (Å²) in [5.74, 6) is -1.86. The third-order valence-corrected chi connectivity index (χ3v) is 3.23. The van der Waals surface area contributed by atoms with Crippen LogP contribution in [0.2, 0.25) is 0 Å². The van der Waals surface area contributed by atoms with Crippen molar-refractivity contribution in [3.8, 4) is 0 Å². The predicted molar refractivity (Wildman–Crippen MR) is 79.1 cm³/mol. The molecular weight excluding hydrogens is 272 g/mol. The number of rotatable bonds is 6. The zero-order valence-electron chi connectivity index (χ0n) is 12.3. The first-order chi connectivity index (χ1) is 9.85. The molecule has 0 saturated carbocycles. The highest BCUT2D eigenvalue weighted by molar-refractivity contribution is 5.97. The number of hydrogen-bond acceptors (Lipinski definition) is 3. The molecule has 2 atom stereocenters. The summed E-state index contributed by atoms with van der Waals surface area (Å²) in [6.45, 7) is 5.04. The Labute approximate surface area is 123 Å². The molecule has 0 bridgehead atoms. The van der Waals surface area contributed by atoms with Crippen molar-refractivity contribution in [3.05, 3.63) is 29.8 Å². The zero-order valence-corrected chi connectivity index (χ0v) is 12.3. The normalized spacial score (nSPS) is 13.1. The Hall–Kier alpha value is -2.37. The lowest BCUT2D eigenvalue weighted by atomic mass is 9.99. The first-order valence-electron chi connectivity index (χ1n) is 6.76. The number of carboxylic acids is 1.